The molecule has 1 saturated carbocycles. The number of hydrogen-bond donors (Lipinski definition) is 2. The Morgan fingerprint density at radius 3 is 2.52 bits per heavy atom. The first kappa shape index (κ1) is 22.5. The maximum absolute atomic E-state index is 12.4. The van der Waals surface area contributed by atoms with Crippen LogP contribution in [0.5, 0.6) is 0 Å². The third-order valence-corrected chi connectivity index (χ3v) is 7.02. The molecule has 164 valence electrons. The summed E-state index contributed by atoms with van der Waals surface area (Å²) in [6.07, 6.45) is 4.01. The Labute approximate surface area is 181 Å². The van der Waals surface area contributed by atoms with Crippen molar-refractivity contribution in [2.45, 2.75) is 38.1 Å². The van der Waals surface area contributed by atoms with E-state index in [2.05, 4.69) is 15.4 Å². The summed E-state index contributed by atoms with van der Waals surface area (Å²) < 4.78 is 28.0. The Bertz CT molecular complexity index is 1250. The third-order valence-electron chi connectivity index (χ3n) is 5.07. The second kappa shape index (κ2) is 9.32. The molecule has 0 amide bonds. The van der Waals surface area contributed by atoms with Gasteiger partial charge in [-0.15, -0.1) is 0 Å². The molecule has 2 N–H and O–H groups in total. The summed E-state index contributed by atoms with van der Waals surface area (Å²) in [5.74, 6) is 1.09. The van der Waals surface area contributed by atoms with Crippen molar-refractivity contribution in [2.75, 3.05) is 18.9 Å². The predicted molar refractivity (Wildman–Crippen MR) is 120 cm³/mol. The van der Waals surface area contributed by atoms with Crippen molar-refractivity contribution >= 4 is 32.4 Å². The molecule has 1 aliphatic carbocycles. The zero-order valence-corrected chi connectivity index (χ0v) is 18.6. The molecule has 0 saturated heterocycles. The number of anilines is 2. The lowest BCUT2D eigenvalue weighted by atomic mass is 10.3. The molecular weight excluding hydrogens is 416 g/mol. The molecule has 0 unspecified atom stereocenters. The quantitative estimate of drug-likeness (QED) is 0.580. The average Bonchev–Trinajstić information content (AvgIpc) is 3.50. The fraction of sp³-hybridized carbons (Fsp3) is 0.381. The van der Waals surface area contributed by atoms with Crippen molar-refractivity contribution in [3.05, 3.63) is 46.9 Å². The molecule has 4 rings (SSSR count). The maximum Gasteiger partial charge on any atom is 0.261 e. The normalized spacial score (nSPS) is 13.5. The van der Waals surface area contributed by atoms with Gasteiger partial charge in [-0.2, -0.15) is 10.4 Å². The van der Waals surface area contributed by atoms with Crippen LogP contribution >= 0.6 is 0 Å². The van der Waals surface area contributed by atoms with Gasteiger partial charge in [0.1, 0.15) is 5.39 Å². The van der Waals surface area contributed by atoms with Crippen molar-refractivity contribution in [2.24, 2.45) is 5.92 Å². The van der Waals surface area contributed by atoms with Crippen molar-refractivity contribution < 1.29 is 8.42 Å². The Morgan fingerprint density at radius 2 is 1.94 bits per heavy atom. The molecule has 9 nitrogen and oxygen atoms in total. The van der Waals surface area contributed by atoms with Gasteiger partial charge in [-0.05, 0) is 49.1 Å². The number of aromatic nitrogens is 3. The fourth-order valence-electron chi connectivity index (χ4n) is 3.11. The third kappa shape index (κ3) is 4.95. The van der Waals surface area contributed by atoms with Crippen LogP contribution in [0.25, 0.3) is 10.9 Å². The first-order chi connectivity index (χ1) is 14.8. The molecule has 1 fully saturated rings. The lowest BCUT2D eigenvalue weighted by molar-refractivity contribution is 0.486. The molecule has 0 spiro atoms. The van der Waals surface area contributed by atoms with Crippen molar-refractivity contribution in [3.63, 3.8) is 0 Å². The van der Waals surface area contributed by atoms with E-state index in [0.717, 1.165) is 12.1 Å². The molecule has 31 heavy (non-hydrogen) atoms. The van der Waals surface area contributed by atoms with Gasteiger partial charge in [0.25, 0.3) is 5.56 Å². The van der Waals surface area contributed by atoms with Gasteiger partial charge in [-0.1, -0.05) is 6.92 Å². The molecular formula is C21H26N6O3S. The van der Waals surface area contributed by atoms with E-state index in [1.807, 2.05) is 10.7 Å². The molecule has 2 heterocycles. The van der Waals surface area contributed by atoms with Gasteiger partial charge in [-0.3, -0.25) is 9.48 Å². The minimum atomic E-state index is -3.49. The molecule has 2 aromatic heterocycles. The van der Waals surface area contributed by atoms with Crippen LogP contribution in [0.3, 0.4) is 0 Å². The SMILES string of the molecule is CC#N.CCN(C)S(=O)(=O)c1ccc(Nc2nn(CC3CC3)c3cc[nH]c(=O)c23)cc1. The van der Waals surface area contributed by atoms with Gasteiger partial charge in [0.15, 0.2) is 5.82 Å². The van der Waals surface area contributed by atoms with Gasteiger partial charge >= 0.3 is 0 Å². The van der Waals surface area contributed by atoms with Gasteiger partial charge in [0, 0.05) is 38.9 Å². The maximum atomic E-state index is 12.4. The molecule has 0 atom stereocenters. The number of sulfonamides is 1. The molecule has 0 radical (unpaired) electrons. The lowest BCUT2D eigenvalue weighted by Crippen LogP contribution is -2.26. The standard InChI is InChI=1S/C19H23N5O3S.C2H3N/c1-3-23(2)28(26,27)15-8-6-14(7-9-15)21-18-17-16(10-11-20-19(17)25)24(22-18)12-13-4-5-13;1-2-3/h6-11,13H,3-5,12H2,1-2H3,(H,20,25)(H,21,22);1H3. The Kier molecular flexibility index (Phi) is 6.77. The summed E-state index contributed by atoms with van der Waals surface area (Å²) in [4.78, 5) is 15.3. The van der Waals surface area contributed by atoms with Crippen LogP contribution in [0.15, 0.2) is 46.2 Å². The van der Waals surface area contributed by atoms with Crippen LogP contribution in [-0.4, -0.2) is 41.1 Å². The molecule has 1 aliphatic rings. The number of nitrogens with zero attached hydrogens (tertiary/aromatic N) is 4. The number of pyridine rings is 1. The minimum Gasteiger partial charge on any atom is -0.338 e. The molecule has 3 aromatic rings. The first-order valence-electron chi connectivity index (χ1n) is 10.0. The van der Waals surface area contributed by atoms with Crippen LogP contribution < -0.4 is 10.9 Å². The van der Waals surface area contributed by atoms with Crippen LogP contribution in [0.4, 0.5) is 11.5 Å². The zero-order valence-electron chi connectivity index (χ0n) is 17.8. The van der Waals surface area contributed by atoms with Gasteiger partial charge in [0.2, 0.25) is 10.0 Å². The summed E-state index contributed by atoms with van der Waals surface area (Å²) in [7, 11) is -1.94. The summed E-state index contributed by atoms with van der Waals surface area (Å²) in [6.45, 7) is 4.41. The van der Waals surface area contributed by atoms with Crippen molar-refractivity contribution in [1.82, 2.24) is 19.1 Å². The highest BCUT2D eigenvalue weighted by Gasteiger charge is 2.24. The number of nitrogens with one attached hydrogen (secondary N) is 2. The van der Waals surface area contributed by atoms with Gasteiger partial charge < -0.3 is 10.3 Å². The fourth-order valence-corrected chi connectivity index (χ4v) is 4.28. The van der Waals surface area contributed by atoms with Crippen molar-refractivity contribution in [1.29, 1.82) is 5.26 Å². The van der Waals surface area contributed by atoms with Gasteiger partial charge in [0.05, 0.1) is 16.5 Å². The van der Waals surface area contributed by atoms with Crippen LogP contribution in [0.2, 0.25) is 0 Å². The van der Waals surface area contributed by atoms with E-state index in [1.54, 1.807) is 50.5 Å². The smallest absolute Gasteiger partial charge is 0.261 e. The lowest BCUT2D eigenvalue weighted by Gasteiger charge is -2.15. The highest BCUT2D eigenvalue weighted by atomic mass is 32.2. The largest absolute Gasteiger partial charge is 0.338 e. The van der Waals surface area contributed by atoms with E-state index in [-0.39, 0.29) is 10.5 Å². The zero-order chi connectivity index (χ0) is 22.6. The van der Waals surface area contributed by atoms with E-state index < -0.39 is 10.0 Å². The van der Waals surface area contributed by atoms with E-state index in [9.17, 15) is 13.2 Å². The van der Waals surface area contributed by atoms with E-state index in [1.165, 1.54) is 24.1 Å². The number of benzene rings is 1. The number of hydrogen-bond acceptors (Lipinski definition) is 6. The number of aromatic amines is 1. The molecule has 10 heteroatoms. The average molecular weight is 443 g/mol. The number of H-pyrrole nitrogens is 1. The van der Waals surface area contributed by atoms with Crippen LogP contribution in [-0.2, 0) is 16.6 Å². The second-order valence-corrected chi connectivity index (χ2v) is 9.38. The van der Waals surface area contributed by atoms with Crippen LogP contribution in [0, 0.1) is 17.2 Å². The van der Waals surface area contributed by atoms with Crippen molar-refractivity contribution in [3.8, 4) is 6.07 Å². The number of nitriles is 1. The summed E-state index contributed by atoms with van der Waals surface area (Å²) >= 11 is 0. The first-order valence-corrected chi connectivity index (χ1v) is 11.5. The minimum absolute atomic E-state index is 0.203. The van der Waals surface area contributed by atoms with Gasteiger partial charge in [-0.25, -0.2) is 12.7 Å². The van der Waals surface area contributed by atoms with E-state index >= 15 is 0 Å². The highest BCUT2D eigenvalue weighted by molar-refractivity contribution is 7.89. The molecule has 1 aromatic carbocycles. The Hall–Kier alpha value is -3.16. The summed E-state index contributed by atoms with van der Waals surface area (Å²) in [5, 5.41) is 15.6. The Morgan fingerprint density at radius 1 is 1.29 bits per heavy atom. The highest BCUT2D eigenvalue weighted by Crippen LogP contribution is 2.32. The number of fused-ring (bicyclic) bond motifs is 1. The van der Waals surface area contributed by atoms with E-state index in [0.29, 0.717) is 29.4 Å². The Balaban J connectivity index is 0.000000858. The monoisotopic (exact) mass is 442 g/mol. The molecule has 0 bridgehead atoms. The summed E-state index contributed by atoms with van der Waals surface area (Å²) in [5.41, 5.74) is 1.26. The van der Waals surface area contributed by atoms with Crippen LogP contribution in [0.1, 0.15) is 26.7 Å². The predicted octanol–water partition coefficient (Wildman–Crippen LogP) is 3.05. The topological polar surface area (TPSA) is 124 Å². The summed E-state index contributed by atoms with van der Waals surface area (Å²) in [6, 6.07) is 10.1. The van der Waals surface area contributed by atoms with E-state index in [4.69, 9.17) is 5.26 Å². The second-order valence-electron chi connectivity index (χ2n) is 7.33. The number of rotatable bonds is 7. The molecule has 0 aliphatic heterocycles.